The van der Waals surface area contributed by atoms with E-state index in [2.05, 4.69) is 28.2 Å². The van der Waals surface area contributed by atoms with E-state index in [1.165, 1.54) is 0 Å². The first-order valence-corrected chi connectivity index (χ1v) is 9.10. The van der Waals surface area contributed by atoms with Crippen LogP contribution in [0.4, 0.5) is 0 Å². The fourth-order valence-corrected chi connectivity index (χ4v) is 3.43. The standard InChI is InChI=1S/C19H27N5O2/c1-4-9-24-13(3)15(12(2)23-24)11-20-19(26)17-10-16(21-22-17)14-7-5-6-8-18(14)25/h5-8,16-17,21-22,25H,4,9-11H2,1-3H3,(H,20,26). The molecule has 4 N–H and O–H groups in total. The average Bonchev–Trinajstić information content (AvgIpc) is 3.20. The molecule has 0 spiro atoms. The van der Waals surface area contributed by atoms with Crippen LogP contribution in [0.2, 0.25) is 0 Å². The monoisotopic (exact) mass is 357 g/mol. The van der Waals surface area contributed by atoms with Crippen LogP contribution >= 0.6 is 0 Å². The molecule has 2 aromatic rings. The van der Waals surface area contributed by atoms with E-state index >= 15 is 0 Å². The molecule has 0 aliphatic carbocycles. The SMILES string of the molecule is CCCn1nc(C)c(CNC(=O)C2CC(c3ccccc3O)NN2)c1C. The van der Waals surface area contributed by atoms with Crippen LogP contribution in [0.3, 0.4) is 0 Å². The van der Waals surface area contributed by atoms with Crippen molar-refractivity contribution >= 4 is 5.91 Å². The number of hydrogen-bond donors (Lipinski definition) is 4. The minimum absolute atomic E-state index is 0.0579. The molecule has 7 nitrogen and oxygen atoms in total. The van der Waals surface area contributed by atoms with E-state index < -0.39 is 0 Å². The number of para-hydroxylation sites is 1. The van der Waals surface area contributed by atoms with Crippen LogP contribution in [0.25, 0.3) is 0 Å². The van der Waals surface area contributed by atoms with Gasteiger partial charge in [-0.15, -0.1) is 0 Å². The summed E-state index contributed by atoms with van der Waals surface area (Å²) in [5.41, 5.74) is 10.1. The summed E-state index contributed by atoms with van der Waals surface area (Å²) in [6.07, 6.45) is 1.61. The lowest BCUT2D eigenvalue weighted by molar-refractivity contribution is -0.123. The Kier molecular flexibility index (Phi) is 5.58. The first kappa shape index (κ1) is 18.4. The number of aromatic hydroxyl groups is 1. The number of phenols is 1. The van der Waals surface area contributed by atoms with Crippen molar-refractivity contribution < 1.29 is 9.90 Å². The zero-order valence-electron chi connectivity index (χ0n) is 15.5. The van der Waals surface area contributed by atoms with Gasteiger partial charge in [-0.1, -0.05) is 25.1 Å². The number of benzene rings is 1. The van der Waals surface area contributed by atoms with Gasteiger partial charge in [0.2, 0.25) is 5.91 Å². The van der Waals surface area contributed by atoms with Crippen LogP contribution < -0.4 is 16.2 Å². The van der Waals surface area contributed by atoms with Gasteiger partial charge < -0.3 is 10.4 Å². The maximum Gasteiger partial charge on any atom is 0.238 e. The molecule has 2 atom stereocenters. The molecule has 140 valence electrons. The Bertz CT molecular complexity index is 786. The average molecular weight is 357 g/mol. The summed E-state index contributed by atoms with van der Waals surface area (Å²) >= 11 is 0. The molecule has 1 aromatic carbocycles. The lowest BCUT2D eigenvalue weighted by Gasteiger charge is -2.12. The van der Waals surface area contributed by atoms with E-state index in [0.29, 0.717) is 13.0 Å². The quantitative estimate of drug-likeness (QED) is 0.633. The smallest absolute Gasteiger partial charge is 0.238 e. The number of aromatic nitrogens is 2. The van der Waals surface area contributed by atoms with Crippen molar-refractivity contribution in [3.8, 4) is 5.75 Å². The largest absolute Gasteiger partial charge is 0.508 e. The molecule has 0 saturated carbocycles. The van der Waals surface area contributed by atoms with Crippen LogP contribution in [0, 0.1) is 13.8 Å². The Morgan fingerprint density at radius 3 is 2.85 bits per heavy atom. The number of phenolic OH excluding ortho intramolecular Hbond substituents is 1. The summed E-state index contributed by atoms with van der Waals surface area (Å²) in [5, 5.41) is 17.5. The highest BCUT2D eigenvalue weighted by atomic mass is 16.3. The van der Waals surface area contributed by atoms with Gasteiger partial charge in [0.15, 0.2) is 0 Å². The predicted molar refractivity (Wildman–Crippen MR) is 99.4 cm³/mol. The predicted octanol–water partition coefficient (Wildman–Crippen LogP) is 1.84. The second kappa shape index (κ2) is 7.88. The van der Waals surface area contributed by atoms with Gasteiger partial charge in [-0.2, -0.15) is 5.10 Å². The van der Waals surface area contributed by atoms with E-state index in [1.807, 2.05) is 30.7 Å². The van der Waals surface area contributed by atoms with Crippen molar-refractivity contribution in [3.05, 3.63) is 46.8 Å². The van der Waals surface area contributed by atoms with Crippen LogP contribution in [-0.2, 0) is 17.9 Å². The summed E-state index contributed by atoms with van der Waals surface area (Å²) in [6.45, 7) is 7.50. The van der Waals surface area contributed by atoms with Gasteiger partial charge in [-0.05, 0) is 32.8 Å². The third-order valence-electron chi connectivity index (χ3n) is 4.94. The number of nitrogens with zero attached hydrogens (tertiary/aromatic N) is 2. The lowest BCUT2D eigenvalue weighted by atomic mass is 10.0. The first-order valence-electron chi connectivity index (χ1n) is 9.10. The summed E-state index contributed by atoms with van der Waals surface area (Å²) < 4.78 is 2.00. The Morgan fingerprint density at radius 1 is 1.35 bits per heavy atom. The Balaban J connectivity index is 1.59. The fourth-order valence-electron chi connectivity index (χ4n) is 3.43. The topological polar surface area (TPSA) is 91.2 Å². The van der Waals surface area contributed by atoms with E-state index in [4.69, 9.17) is 0 Å². The zero-order valence-corrected chi connectivity index (χ0v) is 15.5. The summed E-state index contributed by atoms with van der Waals surface area (Å²) in [4.78, 5) is 12.5. The number of hydrogen-bond acceptors (Lipinski definition) is 5. The van der Waals surface area contributed by atoms with Crippen LogP contribution in [-0.4, -0.2) is 26.8 Å². The Morgan fingerprint density at radius 2 is 2.12 bits per heavy atom. The number of aryl methyl sites for hydroxylation is 2. The van der Waals surface area contributed by atoms with Crippen LogP contribution in [0.1, 0.15) is 48.3 Å². The lowest BCUT2D eigenvalue weighted by Crippen LogP contribution is -2.43. The molecule has 3 rings (SSSR count). The molecule has 1 aliphatic heterocycles. The molecule has 1 amide bonds. The molecule has 1 fully saturated rings. The summed E-state index contributed by atoms with van der Waals surface area (Å²) in [6, 6.07) is 6.75. The van der Waals surface area contributed by atoms with Gasteiger partial charge in [0, 0.05) is 29.9 Å². The molecular weight excluding hydrogens is 330 g/mol. The first-order chi connectivity index (χ1) is 12.5. The van der Waals surface area contributed by atoms with E-state index in [9.17, 15) is 9.90 Å². The van der Waals surface area contributed by atoms with Crippen molar-refractivity contribution in [2.75, 3.05) is 0 Å². The zero-order chi connectivity index (χ0) is 18.7. The normalized spacial score (nSPS) is 19.7. The summed E-state index contributed by atoms with van der Waals surface area (Å²) in [5.74, 6) is 0.180. The van der Waals surface area contributed by atoms with Crippen molar-refractivity contribution in [2.24, 2.45) is 0 Å². The molecular formula is C19H27N5O2. The van der Waals surface area contributed by atoms with Crippen LogP contribution in [0.5, 0.6) is 5.75 Å². The molecule has 2 heterocycles. The van der Waals surface area contributed by atoms with Crippen molar-refractivity contribution in [1.29, 1.82) is 0 Å². The fraction of sp³-hybridized carbons (Fsp3) is 0.474. The number of nitrogens with one attached hydrogen (secondary N) is 3. The maximum absolute atomic E-state index is 12.5. The van der Waals surface area contributed by atoms with E-state index in [-0.39, 0.29) is 23.7 Å². The van der Waals surface area contributed by atoms with Gasteiger partial charge >= 0.3 is 0 Å². The van der Waals surface area contributed by atoms with Crippen molar-refractivity contribution in [1.82, 2.24) is 25.9 Å². The summed E-state index contributed by atoms with van der Waals surface area (Å²) in [7, 11) is 0. The number of carbonyl (C=O) groups excluding carboxylic acids is 1. The van der Waals surface area contributed by atoms with Gasteiger partial charge in [0.1, 0.15) is 11.8 Å². The minimum Gasteiger partial charge on any atom is -0.508 e. The minimum atomic E-state index is -0.342. The third-order valence-corrected chi connectivity index (χ3v) is 4.94. The molecule has 1 saturated heterocycles. The van der Waals surface area contributed by atoms with Gasteiger partial charge in [-0.25, -0.2) is 10.9 Å². The molecule has 0 bridgehead atoms. The van der Waals surface area contributed by atoms with Crippen LogP contribution in [0.15, 0.2) is 24.3 Å². The Hall–Kier alpha value is -2.38. The molecule has 2 unspecified atom stereocenters. The second-order valence-corrected chi connectivity index (χ2v) is 6.78. The number of rotatable bonds is 6. The Labute approximate surface area is 153 Å². The molecule has 7 heteroatoms. The molecule has 1 aromatic heterocycles. The van der Waals surface area contributed by atoms with Gasteiger partial charge in [-0.3, -0.25) is 9.48 Å². The van der Waals surface area contributed by atoms with Crippen molar-refractivity contribution in [3.63, 3.8) is 0 Å². The maximum atomic E-state index is 12.5. The highest BCUT2D eigenvalue weighted by molar-refractivity contribution is 5.82. The second-order valence-electron chi connectivity index (χ2n) is 6.78. The highest BCUT2D eigenvalue weighted by Crippen LogP contribution is 2.29. The highest BCUT2D eigenvalue weighted by Gasteiger charge is 2.31. The molecule has 1 aliphatic rings. The number of amides is 1. The number of carbonyl (C=O) groups is 1. The van der Waals surface area contributed by atoms with Gasteiger partial charge in [0.05, 0.1) is 11.7 Å². The van der Waals surface area contributed by atoms with Gasteiger partial charge in [0.25, 0.3) is 0 Å². The van der Waals surface area contributed by atoms with E-state index in [0.717, 1.165) is 35.5 Å². The molecule has 26 heavy (non-hydrogen) atoms. The van der Waals surface area contributed by atoms with E-state index in [1.54, 1.807) is 12.1 Å². The van der Waals surface area contributed by atoms with Crippen molar-refractivity contribution in [2.45, 2.75) is 58.8 Å². The third kappa shape index (κ3) is 3.73. The molecule has 0 radical (unpaired) electrons. The number of hydrazine groups is 1.